The number of aromatic amines is 1. The van der Waals surface area contributed by atoms with Gasteiger partial charge in [0, 0.05) is 18.8 Å². The second kappa shape index (κ2) is 7.00. The third-order valence-electron chi connectivity index (χ3n) is 4.72. The minimum absolute atomic E-state index is 0.425. The summed E-state index contributed by atoms with van der Waals surface area (Å²) in [6.45, 7) is 2.19. The van der Waals surface area contributed by atoms with E-state index in [4.69, 9.17) is 0 Å². The van der Waals surface area contributed by atoms with Crippen LogP contribution in [0.2, 0.25) is 0 Å². The first-order valence-corrected chi connectivity index (χ1v) is 8.86. The van der Waals surface area contributed by atoms with Gasteiger partial charge in [0.25, 0.3) is 5.56 Å². The molecule has 2 aromatic carbocycles. The van der Waals surface area contributed by atoms with Crippen molar-refractivity contribution in [3.05, 3.63) is 74.9 Å². The first-order valence-electron chi connectivity index (χ1n) is 8.86. The van der Waals surface area contributed by atoms with Gasteiger partial charge in [0.05, 0.1) is 17.1 Å². The second-order valence-corrected chi connectivity index (χ2v) is 6.48. The molecule has 3 aromatic rings. The summed E-state index contributed by atoms with van der Waals surface area (Å²) < 4.78 is 0.862. The number of fused-ring (bicyclic) bond motifs is 1. The van der Waals surface area contributed by atoms with Gasteiger partial charge in [-0.15, -0.1) is 4.68 Å². The number of hydrogen-bond acceptors (Lipinski definition) is 4. The number of rotatable bonds is 3. The maximum absolute atomic E-state index is 12.5. The lowest BCUT2D eigenvalue weighted by molar-refractivity contribution is 0.578. The number of benzene rings is 2. The van der Waals surface area contributed by atoms with Gasteiger partial charge in [0.15, 0.2) is 0 Å². The number of piperidine rings is 1. The van der Waals surface area contributed by atoms with Gasteiger partial charge in [-0.25, -0.2) is 4.79 Å². The van der Waals surface area contributed by atoms with E-state index in [1.807, 2.05) is 12.1 Å². The molecule has 0 unspecified atom stereocenters. The van der Waals surface area contributed by atoms with Gasteiger partial charge >= 0.3 is 5.69 Å². The maximum Gasteiger partial charge on any atom is 0.349 e. The van der Waals surface area contributed by atoms with E-state index in [-0.39, 0.29) is 0 Å². The van der Waals surface area contributed by atoms with Crippen LogP contribution < -0.4 is 16.1 Å². The topological polar surface area (TPSA) is 70.5 Å². The molecule has 6 nitrogen and oxygen atoms in total. The summed E-state index contributed by atoms with van der Waals surface area (Å²) in [5.41, 5.74) is 1.58. The molecule has 0 amide bonds. The number of nitrogens with one attached hydrogen (secondary N) is 1. The van der Waals surface area contributed by atoms with Crippen molar-refractivity contribution in [2.24, 2.45) is 5.10 Å². The highest BCUT2D eigenvalue weighted by Gasteiger charge is 2.10. The van der Waals surface area contributed by atoms with Gasteiger partial charge in [-0.05, 0) is 49.1 Å². The summed E-state index contributed by atoms with van der Waals surface area (Å²) in [7, 11) is 0. The van der Waals surface area contributed by atoms with Gasteiger partial charge in [-0.2, -0.15) is 5.10 Å². The average molecular weight is 348 g/mol. The summed E-state index contributed by atoms with van der Waals surface area (Å²) in [5, 5.41) is 4.52. The number of aromatic nitrogens is 2. The Hall–Kier alpha value is -3.15. The molecular weight excluding hydrogens is 328 g/mol. The molecule has 2 heterocycles. The molecule has 0 aliphatic carbocycles. The van der Waals surface area contributed by atoms with E-state index in [0.29, 0.717) is 10.9 Å². The van der Waals surface area contributed by atoms with Crippen LogP contribution in [0.1, 0.15) is 24.8 Å². The second-order valence-electron chi connectivity index (χ2n) is 6.48. The molecule has 132 valence electrons. The minimum atomic E-state index is -0.546. The van der Waals surface area contributed by atoms with Crippen molar-refractivity contribution in [2.45, 2.75) is 19.3 Å². The van der Waals surface area contributed by atoms with E-state index < -0.39 is 11.2 Å². The number of nitrogens with zero attached hydrogens (tertiary/aromatic N) is 3. The van der Waals surface area contributed by atoms with Crippen LogP contribution in [0.15, 0.2) is 63.2 Å². The Labute approximate surface area is 150 Å². The van der Waals surface area contributed by atoms with Gasteiger partial charge < -0.3 is 9.88 Å². The standard InChI is InChI=1S/C20H20N4O2/c25-19-17-6-2-3-7-18(17)22-20(26)24(19)21-14-15-8-10-16(11-9-15)23-12-4-1-5-13-23/h2-3,6-11,14H,1,4-5,12-13H2,(H,22,26). The highest BCUT2D eigenvalue weighted by molar-refractivity contribution is 5.81. The molecular formula is C20H20N4O2. The van der Waals surface area contributed by atoms with Crippen LogP contribution in [0.4, 0.5) is 5.69 Å². The smallest absolute Gasteiger partial charge is 0.349 e. The van der Waals surface area contributed by atoms with Crippen molar-refractivity contribution >= 4 is 22.8 Å². The van der Waals surface area contributed by atoms with Gasteiger partial charge in [-0.1, -0.05) is 24.3 Å². The molecule has 0 spiro atoms. The van der Waals surface area contributed by atoms with Crippen LogP contribution in [0.25, 0.3) is 10.9 Å². The first kappa shape index (κ1) is 16.3. The lowest BCUT2D eigenvalue weighted by atomic mass is 10.1. The maximum atomic E-state index is 12.5. The van der Waals surface area contributed by atoms with Crippen LogP contribution in [0.5, 0.6) is 0 Å². The zero-order valence-corrected chi connectivity index (χ0v) is 14.4. The quantitative estimate of drug-likeness (QED) is 0.740. The third-order valence-corrected chi connectivity index (χ3v) is 4.72. The van der Waals surface area contributed by atoms with Crippen LogP contribution in [0, 0.1) is 0 Å². The summed E-state index contributed by atoms with van der Waals surface area (Å²) in [6.07, 6.45) is 5.30. The van der Waals surface area contributed by atoms with Crippen LogP contribution in [0.3, 0.4) is 0 Å². The van der Waals surface area contributed by atoms with Crippen molar-refractivity contribution in [1.82, 2.24) is 9.66 Å². The SMILES string of the molecule is O=c1[nH]c2ccccc2c(=O)n1N=Cc1ccc(N2CCCCC2)cc1. The Morgan fingerprint density at radius 1 is 0.923 bits per heavy atom. The van der Waals surface area contributed by atoms with Crippen molar-refractivity contribution < 1.29 is 0 Å². The van der Waals surface area contributed by atoms with Crippen molar-refractivity contribution in [3.63, 3.8) is 0 Å². The van der Waals surface area contributed by atoms with Gasteiger partial charge in [-0.3, -0.25) is 4.79 Å². The van der Waals surface area contributed by atoms with Gasteiger partial charge in [0.1, 0.15) is 0 Å². The number of para-hydroxylation sites is 1. The summed E-state index contributed by atoms with van der Waals surface area (Å²) in [5.74, 6) is 0. The Balaban J connectivity index is 1.61. The predicted molar refractivity (Wildman–Crippen MR) is 104 cm³/mol. The van der Waals surface area contributed by atoms with Crippen molar-refractivity contribution in [2.75, 3.05) is 18.0 Å². The molecule has 0 radical (unpaired) electrons. The van der Waals surface area contributed by atoms with Gasteiger partial charge in [0.2, 0.25) is 0 Å². The molecule has 0 atom stereocenters. The number of anilines is 1. The molecule has 0 saturated carbocycles. The van der Waals surface area contributed by atoms with Crippen LogP contribution in [-0.2, 0) is 0 Å². The minimum Gasteiger partial charge on any atom is -0.372 e. The zero-order chi connectivity index (χ0) is 17.9. The molecule has 1 aromatic heterocycles. The fourth-order valence-corrected chi connectivity index (χ4v) is 3.31. The molecule has 0 bridgehead atoms. The average Bonchev–Trinajstić information content (AvgIpc) is 2.69. The fourth-order valence-electron chi connectivity index (χ4n) is 3.31. The Kier molecular flexibility index (Phi) is 4.39. The normalized spacial score (nSPS) is 15.0. The first-order chi connectivity index (χ1) is 12.7. The van der Waals surface area contributed by atoms with E-state index in [1.165, 1.54) is 31.2 Å². The van der Waals surface area contributed by atoms with Crippen molar-refractivity contribution in [1.29, 1.82) is 0 Å². The third kappa shape index (κ3) is 3.18. The van der Waals surface area contributed by atoms with E-state index in [9.17, 15) is 9.59 Å². The molecule has 1 aliphatic rings. The fraction of sp³-hybridized carbons (Fsp3) is 0.250. The van der Waals surface area contributed by atoms with E-state index in [0.717, 1.165) is 23.3 Å². The predicted octanol–water partition coefficient (Wildman–Crippen LogP) is 2.56. The number of H-pyrrole nitrogens is 1. The number of hydrogen-bond donors (Lipinski definition) is 1. The summed E-state index contributed by atoms with van der Waals surface area (Å²) in [4.78, 5) is 29.6. The monoisotopic (exact) mass is 348 g/mol. The molecule has 1 saturated heterocycles. The molecule has 6 heteroatoms. The Morgan fingerprint density at radius 3 is 2.42 bits per heavy atom. The van der Waals surface area contributed by atoms with Crippen LogP contribution >= 0.6 is 0 Å². The molecule has 1 aliphatic heterocycles. The molecule has 26 heavy (non-hydrogen) atoms. The summed E-state index contributed by atoms with van der Waals surface area (Å²) >= 11 is 0. The Morgan fingerprint density at radius 2 is 1.65 bits per heavy atom. The molecule has 1 N–H and O–H groups in total. The molecule has 4 rings (SSSR count). The van der Waals surface area contributed by atoms with E-state index in [2.05, 4.69) is 27.1 Å². The highest BCUT2D eigenvalue weighted by Crippen LogP contribution is 2.19. The lowest BCUT2D eigenvalue weighted by Gasteiger charge is -2.28. The highest BCUT2D eigenvalue weighted by atomic mass is 16.2. The van der Waals surface area contributed by atoms with Crippen LogP contribution in [-0.4, -0.2) is 29.0 Å². The largest absolute Gasteiger partial charge is 0.372 e. The van der Waals surface area contributed by atoms with E-state index >= 15 is 0 Å². The molecule has 1 fully saturated rings. The zero-order valence-electron chi connectivity index (χ0n) is 14.4. The summed E-state index contributed by atoms with van der Waals surface area (Å²) in [6, 6.07) is 14.9. The van der Waals surface area contributed by atoms with E-state index in [1.54, 1.807) is 24.3 Å². The van der Waals surface area contributed by atoms with Crippen molar-refractivity contribution in [3.8, 4) is 0 Å². The Bertz CT molecular complexity index is 1060. The lowest BCUT2D eigenvalue weighted by Crippen LogP contribution is -2.32.